The lowest BCUT2D eigenvalue weighted by atomic mass is 10.1. The largest absolute Gasteiger partial charge is 0.454 e. The molecule has 1 aromatic carbocycles. The smallest absolute Gasteiger partial charge is 0.246 e. The molecule has 3 N–H and O–H groups in total. The van der Waals surface area contributed by atoms with Gasteiger partial charge in [0.15, 0.2) is 11.5 Å². The molecule has 0 bridgehead atoms. The summed E-state index contributed by atoms with van der Waals surface area (Å²) in [5.74, 6) is 1.27. The highest BCUT2D eigenvalue weighted by atomic mass is 16.7. The number of benzene rings is 1. The summed E-state index contributed by atoms with van der Waals surface area (Å²) >= 11 is 0. The van der Waals surface area contributed by atoms with Crippen molar-refractivity contribution in [2.24, 2.45) is 5.73 Å². The Morgan fingerprint density at radius 2 is 2.26 bits per heavy atom. The van der Waals surface area contributed by atoms with Gasteiger partial charge in [-0.15, -0.1) is 0 Å². The van der Waals surface area contributed by atoms with Gasteiger partial charge in [0, 0.05) is 6.54 Å². The Morgan fingerprint density at radius 3 is 3.05 bits per heavy atom. The van der Waals surface area contributed by atoms with Crippen molar-refractivity contribution in [2.45, 2.75) is 13.0 Å². The maximum absolute atomic E-state index is 11.6. The van der Waals surface area contributed by atoms with E-state index in [0.717, 1.165) is 11.3 Å². The number of nitrogens with two attached hydrogens (primary N) is 1. The predicted molar refractivity (Wildman–Crippen MR) is 69.0 cm³/mol. The SMILES string of the molecule is CC(NC(=O)COCCN)c1ccc2c(c1)OCO2. The van der Waals surface area contributed by atoms with E-state index in [1.807, 2.05) is 25.1 Å². The van der Waals surface area contributed by atoms with Crippen molar-refractivity contribution in [2.75, 3.05) is 26.6 Å². The zero-order valence-electron chi connectivity index (χ0n) is 10.8. The van der Waals surface area contributed by atoms with Crippen molar-refractivity contribution in [3.63, 3.8) is 0 Å². The third-order valence-corrected chi connectivity index (χ3v) is 2.77. The zero-order chi connectivity index (χ0) is 13.7. The van der Waals surface area contributed by atoms with Gasteiger partial charge in [-0.3, -0.25) is 4.79 Å². The van der Waals surface area contributed by atoms with E-state index < -0.39 is 0 Å². The lowest BCUT2D eigenvalue weighted by molar-refractivity contribution is -0.126. The molecule has 1 amide bonds. The normalized spacial score (nSPS) is 14.2. The summed E-state index contributed by atoms with van der Waals surface area (Å²) in [5.41, 5.74) is 6.23. The third-order valence-electron chi connectivity index (χ3n) is 2.77. The molecule has 6 heteroatoms. The molecule has 0 saturated carbocycles. The summed E-state index contributed by atoms with van der Waals surface area (Å²) in [6.45, 7) is 2.95. The first-order valence-corrected chi connectivity index (χ1v) is 6.17. The second-order valence-electron chi connectivity index (χ2n) is 4.24. The van der Waals surface area contributed by atoms with Crippen LogP contribution in [0.2, 0.25) is 0 Å². The molecule has 1 aromatic rings. The Bertz CT molecular complexity index is 450. The van der Waals surface area contributed by atoms with Crippen molar-refractivity contribution in [3.8, 4) is 11.5 Å². The number of hydrogen-bond acceptors (Lipinski definition) is 5. The van der Waals surface area contributed by atoms with Gasteiger partial charge in [-0.2, -0.15) is 0 Å². The van der Waals surface area contributed by atoms with Crippen LogP contribution >= 0.6 is 0 Å². The average molecular weight is 266 g/mol. The number of amides is 1. The van der Waals surface area contributed by atoms with Crippen LogP contribution in [-0.2, 0) is 9.53 Å². The Labute approximate surface area is 111 Å². The van der Waals surface area contributed by atoms with Gasteiger partial charge >= 0.3 is 0 Å². The molecule has 0 fully saturated rings. The first kappa shape index (κ1) is 13.6. The second-order valence-corrected chi connectivity index (χ2v) is 4.24. The summed E-state index contributed by atoms with van der Waals surface area (Å²) in [6.07, 6.45) is 0. The second kappa shape index (κ2) is 6.40. The number of nitrogens with one attached hydrogen (secondary N) is 1. The monoisotopic (exact) mass is 266 g/mol. The van der Waals surface area contributed by atoms with E-state index in [9.17, 15) is 4.79 Å². The molecule has 6 nitrogen and oxygen atoms in total. The quantitative estimate of drug-likeness (QED) is 0.735. The molecular weight excluding hydrogens is 248 g/mol. The van der Waals surface area contributed by atoms with Crippen LogP contribution in [0.1, 0.15) is 18.5 Å². The number of ether oxygens (including phenoxy) is 3. The highest BCUT2D eigenvalue weighted by molar-refractivity contribution is 5.77. The minimum atomic E-state index is -0.168. The van der Waals surface area contributed by atoms with Gasteiger partial charge in [0.05, 0.1) is 12.6 Å². The van der Waals surface area contributed by atoms with Crippen molar-refractivity contribution in [1.82, 2.24) is 5.32 Å². The number of rotatable bonds is 6. The van der Waals surface area contributed by atoms with Crippen molar-refractivity contribution in [3.05, 3.63) is 23.8 Å². The van der Waals surface area contributed by atoms with E-state index in [-0.39, 0.29) is 25.3 Å². The number of hydrogen-bond donors (Lipinski definition) is 2. The highest BCUT2D eigenvalue weighted by Crippen LogP contribution is 2.34. The van der Waals surface area contributed by atoms with Crippen molar-refractivity contribution >= 4 is 5.91 Å². The van der Waals surface area contributed by atoms with Gasteiger partial charge in [-0.05, 0) is 24.6 Å². The van der Waals surface area contributed by atoms with Crippen molar-refractivity contribution in [1.29, 1.82) is 0 Å². The molecule has 1 unspecified atom stereocenters. The standard InChI is InChI=1S/C13H18N2O4/c1-9(15-13(16)7-17-5-4-14)10-2-3-11-12(6-10)19-8-18-11/h2-3,6,9H,4-5,7-8,14H2,1H3,(H,15,16). The zero-order valence-corrected chi connectivity index (χ0v) is 10.8. The molecule has 0 radical (unpaired) electrons. The van der Waals surface area contributed by atoms with Gasteiger partial charge < -0.3 is 25.3 Å². The van der Waals surface area contributed by atoms with Crippen LogP contribution in [0.15, 0.2) is 18.2 Å². The lowest BCUT2D eigenvalue weighted by Gasteiger charge is -2.14. The highest BCUT2D eigenvalue weighted by Gasteiger charge is 2.16. The Kier molecular flexibility index (Phi) is 4.59. The Hall–Kier alpha value is -1.79. The van der Waals surface area contributed by atoms with Gasteiger partial charge in [0.2, 0.25) is 12.7 Å². The van der Waals surface area contributed by atoms with Crippen molar-refractivity contribution < 1.29 is 19.0 Å². The molecule has 104 valence electrons. The molecule has 0 spiro atoms. The van der Waals surface area contributed by atoms with Crippen LogP contribution in [0.4, 0.5) is 0 Å². The molecule has 1 atom stereocenters. The number of fused-ring (bicyclic) bond motifs is 1. The molecule has 19 heavy (non-hydrogen) atoms. The molecule has 1 aliphatic rings. The molecule has 0 aliphatic carbocycles. The van der Waals surface area contributed by atoms with Crippen LogP contribution in [0.5, 0.6) is 11.5 Å². The summed E-state index contributed by atoms with van der Waals surface area (Å²) in [5, 5.41) is 2.85. The average Bonchev–Trinajstić information content (AvgIpc) is 2.86. The molecule has 2 rings (SSSR count). The lowest BCUT2D eigenvalue weighted by Crippen LogP contribution is -2.30. The molecular formula is C13H18N2O4. The number of carbonyl (C=O) groups is 1. The van der Waals surface area contributed by atoms with Gasteiger partial charge in [-0.25, -0.2) is 0 Å². The van der Waals surface area contributed by atoms with Gasteiger partial charge in [-0.1, -0.05) is 6.07 Å². The summed E-state index contributed by atoms with van der Waals surface area (Å²) in [4.78, 5) is 11.6. The first-order chi connectivity index (χ1) is 9.20. The predicted octanol–water partition coefficient (Wildman–Crippen LogP) is 0.568. The summed E-state index contributed by atoms with van der Waals surface area (Å²) in [6, 6.07) is 5.49. The van der Waals surface area contributed by atoms with E-state index in [2.05, 4.69) is 5.32 Å². The minimum absolute atomic E-state index is 0.0199. The third kappa shape index (κ3) is 3.59. The minimum Gasteiger partial charge on any atom is -0.454 e. The Morgan fingerprint density at radius 1 is 1.47 bits per heavy atom. The van der Waals surface area contributed by atoms with E-state index in [4.69, 9.17) is 19.9 Å². The van der Waals surface area contributed by atoms with Crippen LogP contribution in [-0.4, -0.2) is 32.5 Å². The molecule has 0 saturated heterocycles. The van der Waals surface area contributed by atoms with E-state index in [1.165, 1.54) is 0 Å². The van der Waals surface area contributed by atoms with Gasteiger partial charge in [0.1, 0.15) is 6.61 Å². The summed E-state index contributed by atoms with van der Waals surface area (Å²) in [7, 11) is 0. The molecule has 1 heterocycles. The van der Waals surface area contributed by atoms with E-state index in [0.29, 0.717) is 18.9 Å². The fourth-order valence-corrected chi connectivity index (χ4v) is 1.80. The van der Waals surface area contributed by atoms with E-state index >= 15 is 0 Å². The van der Waals surface area contributed by atoms with Crippen LogP contribution in [0, 0.1) is 0 Å². The fourth-order valence-electron chi connectivity index (χ4n) is 1.80. The first-order valence-electron chi connectivity index (χ1n) is 6.17. The molecule has 0 aromatic heterocycles. The van der Waals surface area contributed by atoms with Gasteiger partial charge in [0.25, 0.3) is 0 Å². The number of carbonyl (C=O) groups excluding carboxylic acids is 1. The summed E-state index contributed by atoms with van der Waals surface area (Å²) < 4.78 is 15.6. The maximum Gasteiger partial charge on any atom is 0.246 e. The molecule has 1 aliphatic heterocycles. The fraction of sp³-hybridized carbons (Fsp3) is 0.462. The topological polar surface area (TPSA) is 82.8 Å². The maximum atomic E-state index is 11.6. The Balaban J connectivity index is 1.89. The van der Waals surface area contributed by atoms with Crippen LogP contribution in [0.3, 0.4) is 0 Å². The van der Waals surface area contributed by atoms with Crippen LogP contribution < -0.4 is 20.5 Å². The van der Waals surface area contributed by atoms with E-state index in [1.54, 1.807) is 0 Å². The van der Waals surface area contributed by atoms with Crippen LogP contribution in [0.25, 0.3) is 0 Å².